The Balaban J connectivity index is 1.30. The summed E-state index contributed by atoms with van der Waals surface area (Å²) in [6.45, 7) is 0. The lowest BCUT2D eigenvalue weighted by atomic mass is 9.79. The van der Waals surface area contributed by atoms with Gasteiger partial charge in [-0.15, -0.1) is 0 Å². The summed E-state index contributed by atoms with van der Waals surface area (Å²) in [5.74, 6) is -1.06. The van der Waals surface area contributed by atoms with Crippen molar-refractivity contribution >= 4 is 40.8 Å². The molecule has 2 aromatic rings. The molecule has 5 atom stereocenters. The van der Waals surface area contributed by atoms with E-state index in [1.54, 1.807) is 48.5 Å². The van der Waals surface area contributed by atoms with Crippen molar-refractivity contribution in [3.63, 3.8) is 0 Å². The van der Waals surface area contributed by atoms with Crippen LogP contribution in [-0.4, -0.2) is 23.9 Å². The molecule has 2 amide bonds. The predicted octanol–water partition coefficient (Wildman–Crippen LogP) is 3.73. The first-order valence-corrected chi connectivity index (χ1v) is 10.1. The van der Waals surface area contributed by atoms with Gasteiger partial charge in [-0.25, -0.2) is 0 Å². The van der Waals surface area contributed by atoms with Crippen molar-refractivity contribution in [2.24, 2.45) is 23.7 Å². The number of halogens is 1. The van der Waals surface area contributed by atoms with Crippen LogP contribution < -0.4 is 10.6 Å². The molecular weight excluding hydrogens is 392 g/mol. The fourth-order valence-electron chi connectivity index (χ4n) is 5.08. The number of carbonyl (C=O) groups is 3. The molecule has 2 aliphatic carbocycles. The van der Waals surface area contributed by atoms with Gasteiger partial charge in [-0.1, -0.05) is 29.8 Å². The molecule has 7 heteroatoms. The second-order valence-corrected chi connectivity index (χ2v) is 8.33. The van der Waals surface area contributed by atoms with E-state index in [4.69, 9.17) is 16.3 Å². The Morgan fingerprint density at radius 3 is 2.69 bits per heavy atom. The molecule has 3 aliphatic rings. The molecule has 6 nitrogen and oxygen atoms in total. The summed E-state index contributed by atoms with van der Waals surface area (Å²) < 4.78 is 5.40. The third-order valence-electron chi connectivity index (χ3n) is 6.30. The number of para-hydroxylation sites is 1. The first kappa shape index (κ1) is 18.2. The number of benzene rings is 2. The zero-order valence-electron chi connectivity index (χ0n) is 15.4. The van der Waals surface area contributed by atoms with Gasteiger partial charge in [0.1, 0.15) is 6.10 Å². The van der Waals surface area contributed by atoms with Gasteiger partial charge in [-0.05, 0) is 49.1 Å². The number of fused-ring (bicyclic) bond motifs is 1. The minimum atomic E-state index is -0.355. The van der Waals surface area contributed by atoms with Crippen LogP contribution in [0.2, 0.25) is 5.02 Å². The zero-order chi connectivity index (χ0) is 20.1. The average Bonchev–Trinajstić information content (AvgIpc) is 3.32. The maximum Gasteiger partial charge on any atom is 0.310 e. The number of esters is 1. The van der Waals surface area contributed by atoms with Crippen molar-refractivity contribution in [3.05, 3.63) is 59.1 Å². The lowest BCUT2D eigenvalue weighted by molar-refractivity contribution is -0.145. The summed E-state index contributed by atoms with van der Waals surface area (Å²) in [6, 6.07) is 13.7. The standard InChI is InChI=1S/C22H19ClN2O4/c23-15-6-1-2-7-16(15)25-20(26)11-4-3-5-13(8-11)24-21(27)18-12-9-14-17(10-12)29-22(28)19(14)18/h1-8,12,14,17-19H,9-10H2,(H,24,27)(H,25,26)/t12-,14+,17-,18-,19-/m1/s1. The Morgan fingerprint density at radius 2 is 1.86 bits per heavy atom. The van der Waals surface area contributed by atoms with E-state index >= 15 is 0 Å². The maximum absolute atomic E-state index is 12.9. The molecule has 0 radical (unpaired) electrons. The van der Waals surface area contributed by atoms with Gasteiger partial charge in [0.2, 0.25) is 5.91 Å². The number of nitrogens with one attached hydrogen (secondary N) is 2. The maximum atomic E-state index is 12.9. The average molecular weight is 411 g/mol. The van der Waals surface area contributed by atoms with Gasteiger partial charge in [0.15, 0.2) is 0 Å². The number of rotatable bonds is 4. The smallest absolute Gasteiger partial charge is 0.310 e. The van der Waals surface area contributed by atoms with E-state index in [1.165, 1.54) is 0 Å². The van der Waals surface area contributed by atoms with Crippen molar-refractivity contribution in [1.82, 2.24) is 0 Å². The normalized spacial score (nSPS) is 28.9. The Kier molecular flexibility index (Phi) is 4.32. The van der Waals surface area contributed by atoms with Crippen LogP contribution in [-0.2, 0) is 14.3 Å². The molecule has 5 rings (SSSR count). The van der Waals surface area contributed by atoms with Crippen LogP contribution in [0.4, 0.5) is 11.4 Å². The molecule has 0 spiro atoms. The summed E-state index contributed by atoms with van der Waals surface area (Å²) in [5.41, 5.74) is 1.44. The monoisotopic (exact) mass is 410 g/mol. The number of amides is 2. The Morgan fingerprint density at radius 1 is 1.03 bits per heavy atom. The molecule has 2 bridgehead atoms. The van der Waals surface area contributed by atoms with Gasteiger partial charge >= 0.3 is 5.97 Å². The molecule has 3 fully saturated rings. The fourth-order valence-corrected chi connectivity index (χ4v) is 5.27. The molecular formula is C22H19ClN2O4. The number of hydrogen-bond acceptors (Lipinski definition) is 4. The summed E-state index contributed by atoms with van der Waals surface area (Å²) in [6.07, 6.45) is 1.64. The van der Waals surface area contributed by atoms with Gasteiger partial charge < -0.3 is 15.4 Å². The molecule has 0 aromatic heterocycles. The zero-order valence-corrected chi connectivity index (χ0v) is 16.2. The Hall–Kier alpha value is -2.86. The molecule has 1 saturated heterocycles. The molecule has 0 unspecified atom stereocenters. The molecule has 2 N–H and O–H groups in total. The number of carbonyl (C=O) groups excluding carboxylic acids is 3. The molecule has 148 valence electrons. The predicted molar refractivity (Wildman–Crippen MR) is 108 cm³/mol. The van der Waals surface area contributed by atoms with E-state index in [0.717, 1.165) is 12.8 Å². The van der Waals surface area contributed by atoms with Crippen molar-refractivity contribution in [3.8, 4) is 0 Å². The van der Waals surface area contributed by atoms with E-state index in [-0.39, 0.29) is 47.6 Å². The van der Waals surface area contributed by atoms with E-state index in [9.17, 15) is 14.4 Å². The van der Waals surface area contributed by atoms with Gasteiger partial charge in [-0.3, -0.25) is 14.4 Å². The van der Waals surface area contributed by atoms with Gasteiger partial charge in [0, 0.05) is 17.2 Å². The van der Waals surface area contributed by atoms with Crippen LogP contribution in [0, 0.1) is 23.7 Å². The second-order valence-electron chi connectivity index (χ2n) is 7.93. The van der Waals surface area contributed by atoms with Crippen molar-refractivity contribution < 1.29 is 19.1 Å². The van der Waals surface area contributed by atoms with Crippen LogP contribution >= 0.6 is 11.6 Å². The first-order chi connectivity index (χ1) is 14.0. The Bertz CT molecular complexity index is 1020. The summed E-state index contributed by atoms with van der Waals surface area (Å²) in [5, 5.41) is 6.10. The first-order valence-electron chi connectivity index (χ1n) is 9.68. The van der Waals surface area contributed by atoms with Crippen molar-refractivity contribution in [2.75, 3.05) is 10.6 Å². The Labute approximate surface area is 172 Å². The van der Waals surface area contributed by atoms with E-state index in [2.05, 4.69) is 10.6 Å². The highest BCUT2D eigenvalue weighted by atomic mass is 35.5. The summed E-state index contributed by atoms with van der Waals surface area (Å²) in [7, 11) is 0. The van der Waals surface area contributed by atoms with E-state index < -0.39 is 0 Å². The van der Waals surface area contributed by atoms with Gasteiger partial charge in [-0.2, -0.15) is 0 Å². The minimum absolute atomic E-state index is 0.00150. The van der Waals surface area contributed by atoms with Gasteiger partial charge in [0.25, 0.3) is 5.91 Å². The number of anilines is 2. The lowest BCUT2D eigenvalue weighted by Crippen LogP contribution is -2.35. The van der Waals surface area contributed by atoms with Crippen molar-refractivity contribution in [1.29, 1.82) is 0 Å². The summed E-state index contributed by atoms with van der Waals surface area (Å²) >= 11 is 6.09. The highest BCUT2D eigenvalue weighted by Crippen LogP contribution is 2.57. The highest BCUT2D eigenvalue weighted by Gasteiger charge is 2.63. The van der Waals surface area contributed by atoms with Crippen molar-refractivity contribution in [2.45, 2.75) is 18.9 Å². The molecule has 1 heterocycles. The second kappa shape index (κ2) is 6.88. The fraction of sp³-hybridized carbons (Fsp3) is 0.318. The van der Waals surface area contributed by atoms with Crippen LogP contribution in [0.15, 0.2) is 48.5 Å². The topological polar surface area (TPSA) is 84.5 Å². The van der Waals surface area contributed by atoms with E-state index in [1.807, 2.05) is 0 Å². The van der Waals surface area contributed by atoms with Crippen LogP contribution in [0.5, 0.6) is 0 Å². The number of ether oxygens (including phenoxy) is 1. The number of hydrogen-bond donors (Lipinski definition) is 2. The van der Waals surface area contributed by atoms with Crippen LogP contribution in [0.3, 0.4) is 0 Å². The van der Waals surface area contributed by atoms with Gasteiger partial charge in [0.05, 0.1) is 22.5 Å². The molecule has 29 heavy (non-hydrogen) atoms. The molecule has 1 aliphatic heterocycles. The van der Waals surface area contributed by atoms with Crippen LogP contribution in [0.1, 0.15) is 23.2 Å². The molecule has 2 saturated carbocycles. The minimum Gasteiger partial charge on any atom is -0.462 e. The largest absolute Gasteiger partial charge is 0.462 e. The SMILES string of the molecule is O=C(Nc1ccccc1Cl)c1cccc(NC(=O)[C@@H]2[C@@H]3C[C@@H]4[C@H]2C(=O)O[C@@H]4C3)c1. The molecule has 2 aromatic carbocycles. The third-order valence-corrected chi connectivity index (χ3v) is 6.63. The lowest BCUT2D eigenvalue weighted by Gasteiger charge is -2.23. The summed E-state index contributed by atoms with van der Waals surface area (Å²) in [4.78, 5) is 37.6. The third kappa shape index (κ3) is 3.08. The van der Waals surface area contributed by atoms with E-state index in [0.29, 0.717) is 22.0 Å². The quantitative estimate of drug-likeness (QED) is 0.752. The van der Waals surface area contributed by atoms with Crippen LogP contribution in [0.25, 0.3) is 0 Å². The highest BCUT2D eigenvalue weighted by molar-refractivity contribution is 6.33.